The molecule has 0 saturated heterocycles. The monoisotopic (exact) mass is 364 g/mol. The van der Waals surface area contributed by atoms with Crippen LogP contribution in [0, 0.1) is 0 Å². The summed E-state index contributed by atoms with van der Waals surface area (Å²) in [6.07, 6.45) is 0. The van der Waals surface area contributed by atoms with Gasteiger partial charge in [0.25, 0.3) is 0 Å². The lowest BCUT2D eigenvalue weighted by molar-refractivity contribution is -0.133. The van der Waals surface area contributed by atoms with E-state index in [9.17, 15) is 9.00 Å². The van der Waals surface area contributed by atoms with E-state index in [0.717, 1.165) is 33.0 Å². The number of esters is 1. The maximum Gasteiger partial charge on any atom is 0.339 e. The molecule has 4 rings (SSSR count). The predicted molar refractivity (Wildman–Crippen MR) is 103 cm³/mol. The van der Waals surface area contributed by atoms with Gasteiger partial charge in [0, 0.05) is 5.57 Å². The van der Waals surface area contributed by atoms with Gasteiger partial charge in [-0.15, -0.1) is 0 Å². The van der Waals surface area contributed by atoms with Crippen molar-refractivity contribution < 1.29 is 18.3 Å². The normalized spacial score (nSPS) is 15.3. The van der Waals surface area contributed by atoms with Gasteiger partial charge in [-0.2, -0.15) is 0 Å². The Labute approximate surface area is 153 Å². The summed E-state index contributed by atoms with van der Waals surface area (Å²) in [6, 6.07) is 21.3. The quantitative estimate of drug-likeness (QED) is 0.561. The van der Waals surface area contributed by atoms with Crippen LogP contribution < -0.4 is 0 Å². The SMILES string of the molecule is O=C1OCC(c2ccc(CS(=O)O)cc2)=C1c1ccc2ccccc2c1. The fraction of sp³-hybridized carbons (Fsp3) is 0.0952. The van der Waals surface area contributed by atoms with E-state index in [1.54, 1.807) is 12.1 Å². The molecule has 0 fully saturated rings. The summed E-state index contributed by atoms with van der Waals surface area (Å²) in [4.78, 5) is 12.4. The summed E-state index contributed by atoms with van der Waals surface area (Å²) in [5, 5.41) is 2.18. The van der Waals surface area contributed by atoms with E-state index in [2.05, 4.69) is 0 Å². The molecule has 0 aliphatic carbocycles. The number of hydrogen-bond acceptors (Lipinski definition) is 3. The first-order valence-corrected chi connectivity index (χ1v) is 9.45. The van der Waals surface area contributed by atoms with Crippen LogP contribution in [0.5, 0.6) is 0 Å². The first-order valence-electron chi connectivity index (χ1n) is 8.18. The number of cyclic esters (lactones) is 1. The molecule has 1 atom stereocenters. The maximum atomic E-state index is 12.4. The molecule has 26 heavy (non-hydrogen) atoms. The van der Waals surface area contributed by atoms with Crippen molar-refractivity contribution in [3.63, 3.8) is 0 Å². The molecule has 0 aromatic heterocycles. The van der Waals surface area contributed by atoms with Crippen LogP contribution in [0.4, 0.5) is 0 Å². The maximum absolute atomic E-state index is 12.4. The van der Waals surface area contributed by atoms with Gasteiger partial charge in [-0.1, -0.05) is 60.7 Å². The van der Waals surface area contributed by atoms with E-state index in [-0.39, 0.29) is 18.3 Å². The first-order chi connectivity index (χ1) is 12.6. The molecule has 130 valence electrons. The van der Waals surface area contributed by atoms with E-state index in [0.29, 0.717) is 5.57 Å². The Morgan fingerprint density at radius 1 is 0.923 bits per heavy atom. The Balaban J connectivity index is 1.78. The minimum Gasteiger partial charge on any atom is -0.457 e. The van der Waals surface area contributed by atoms with Crippen molar-refractivity contribution >= 4 is 39.0 Å². The van der Waals surface area contributed by atoms with Crippen LogP contribution in [0.25, 0.3) is 21.9 Å². The van der Waals surface area contributed by atoms with Crippen LogP contribution in [0.2, 0.25) is 0 Å². The molecule has 0 amide bonds. The second-order valence-corrected chi connectivity index (χ2v) is 7.09. The standard InChI is InChI=1S/C21H16O4S/c22-21-20(18-10-9-15-3-1-2-4-17(15)11-18)19(12-25-21)16-7-5-14(6-8-16)13-26(23)24/h1-11H,12-13H2,(H,23,24). The van der Waals surface area contributed by atoms with E-state index < -0.39 is 11.1 Å². The third kappa shape index (κ3) is 3.19. The summed E-state index contributed by atoms with van der Waals surface area (Å²) in [5.74, 6) is -0.234. The second kappa shape index (κ2) is 6.86. The van der Waals surface area contributed by atoms with Gasteiger partial charge in [-0.05, 0) is 33.5 Å². The minimum absolute atomic E-state index is 0.0896. The van der Waals surface area contributed by atoms with Crippen LogP contribution in [0.15, 0.2) is 66.7 Å². The summed E-state index contributed by atoms with van der Waals surface area (Å²) in [5.41, 5.74) is 3.90. The van der Waals surface area contributed by atoms with Crippen molar-refractivity contribution in [1.82, 2.24) is 0 Å². The van der Waals surface area contributed by atoms with E-state index in [1.807, 2.05) is 54.6 Å². The lowest BCUT2D eigenvalue weighted by atomic mass is 9.94. The Hall–Kier alpha value is -2.76. The van der Waals surface area contributed by atoms with Crippen molar-refractivity contribution in [2.24, 2.45) is 0 Å². The Bertz CT molecular complexity index is 1050. The minimum atomic E-state index is -1.87. The molecule has 4 nitrogen and oxygen atoms in total. The van der Waals surface area contributed by atoms with Crippen molar-refractivity contribution in [3.05, 3.63) is 83.4 Å². The molecule has 0 spiro atoms. The van der Waals surface area contributed by atoms with Crippen LogP contribution >= 0.6 is 0 Å². The average Bonchev–Trinajstić information content (AvgIpc) is 3.03. The number of fused-ring (bicyclic) bond motifs is 1. The number of ether oxygens (including phenoxy) is 1. The van der Waals surface area contributed by atoms with Crippen LogP contribution in [-0.4, -0.2) is 21.3 Å². The zero-order valence-corrected chi connectivity index (χ0v) is 14.7. The van der Waals surface area contributed by atoms with E-state index in [1.165, 1.54) is 0 Å². The largest absolute Gasteiger partial charge is 0.457 e. The number of hydrogen-bond donors (Lipinski definition) is 1. The van der Waals surface area contributed by atoms with Gasteiger partial charge in [-0.3, -0.25) is 0 Å². The second-order valence-electron chi connectivity index (χ2n) is 6.15. The fourth-order valence-electron chi connectivity index (χ4n) is 3.21. The zero-order valence-electron chi connectivity index (χ0n) is 13.8. The molecule has 1 N–H and O–H groups in total. The number of rotatable bonds is 4. The van der Waals surface area contributed by atoms with Gasteiger partial charge < -0.3 is 9.29 Å². The highest BCUT2D eigenvalue weighted by molar-refractivity contribution is 7.78. The van der Waals surface area contributed by atoms with Gasteiger partial charge in [0.15, 0.2) is 11.1 Å². The Morgan fingerprint density at radius 3 is 2.35 bits per heavy atom. The molecule has 3 aromatic rings. The molecule has 0 bridgehead atoms. The first kappa shape index (κ1) is 16.7. The van der Waals surface area contributed by atoms with Gasteiger partial charge in [0.1, 0.15) is 6.61 Å². The molecule has 1 unspecified atom stereocenters. The van der Waals surface area contributed by atoms with E-state index in [4.69, 9.17) is 9.29 Å². The fourth-order valence-corrected chi connectivity index (χ4v) is 3.69. The number of benzene rings is 3. The third-order valence-corrected chi connectivity index (χ3v) is 5.06. The molecule has 5 heteroatoms. The van der Waals surface area contributed by atoms with Crippen LogP contribution in [0.1, 0.15) is 16.7 Å². The van der Waals surface area contributed by atoms with Gasteiger partial charge in [-0.25, -0.2) is 9.00 Å². The Morgan fingerprint density at radius 2 is 1.62 bits per heavy atom. The van der Waals surface area contributed by atoms with Crippen molar-refractivity contribution in [2.45, 2.75) is 5.75 Å². The molecule has 0 saturated carbocycles. The van der Waals surface area contributed by atoms with Gasteiger partial charge in [0.05, 0.1) is 11.3 Å². The highest BCUT2D eigenvalue weighted by Crippen LogP contribution is 2.34. The lowest BCUT2D eigenvalue weighted by Gasteiger charge is -2.07. The zero-order chi connectivity index (χ0) is 18.1. The van der Waals surface area contributed by atoms with Gasteiger partial charge in [0.2, 0.25) is 0 Å². The number of carbonyl (C=O) groups is 1. The summed E-state index contributed by atoms with van der Waals surface area (Å²) < 4.78 is 25.2. The lowest BCUT2D eigenvalue weighted by Crippen LogP contribution is -1.98. The molecule has 3 aromatic carbocycles. The highest BCUT2D eigenvalue weighted by atomic mass is 32.2. The molecule has 1 aliphatic rings. The Kier molecular flexibility index (Phi) is 4.41. The topological polar surface area (TPSA) is 63.6 Å². The predicted octanol–water partition coefficient (Wildman–Crippen LogP) is 4.03. The highest BCUT2D eigenvalue weighted by Gasteiger charge is 2.27. The van der Waals surface area contributed by atoms with Crippen LogP contribution in [-0.2, 0) is 26.4 Å². The summed E-state index contributed by atoms with van der Waals surface area (Å²) >= 11 is -1.87. The smallest absolute Gasteiger partial charge is 0.339 e. The molecule has 1 heterocycles. The van der Waals surface area contributed by atoms with Gasteiger partial charge >= 0.3 is 5.97 Å². The third-order valence-electron chi connectivity index (χ3n) is 4.48. The van der Waals surface area contributed by atoms with Crippen molar-refractivity contribution in [1.29, 1.82) is 0 Å². The number of carbonyl (C=O) groups excluding carboxylic acids is 1. The molecule has 1 aliphatic heterocycles. The average molecular weight is 364 g/mol. The molecular weight excluding hydrogens is 348 g/mol. The van der Waals surface area contributed by atoms with E-state index >= 15 is 0 Å². The molecule has 0 radical (unpaired) electrons. The summed E-state index contributed by atoms with van der Waals surface area (Å²) in [7, 11) is 0. The summed E-state index contributed by atoms with van der Waals surface area (Å²) in [6.45, 7) is 0.228. The molecular formula is C21H16O4S. The van der Waals surface area contributed by atoms with Crippen molar-refractivity contribution in [2.75, 3.05) is 6.61 Å². The van der Waals surface area contributed by atoms with Crippen molar-refractivity contribution in [3.8, 4) is 0 Å². The van der Waals surface area contributed by atoms with Crippen LogP contribution in [0.3, 0.4) is 0 Å².